The first-order chi connectivity index (χ1) is 21.6. The first-order valence-corrected chi connectivity index (χ1v) is 16.4. The third-order valence-electron chi connectivity index (χ3n) is 6.93. The van der Waals surface area contributed by atoms with Gasteiger partial charge in [0.25, 0.3) is 0 Å². The van der Waals surface area contributed by atoms with Crippen molar-refractivity contribution in [2.75, 3.05) is 13.2 Å². The van der Waals surface area contributed by atoms with E-state index in [1.165, 1.54) is 11.1 Å². The largest absolute Gasteiger partial charge is 0.488 e. The number of hydrogen-bond donors (Lipinski definition) is 2. The summed E-state index contributed by atoms with van der Waals surface area (Å²) in [6.07, 6.45) is 0. The monoisotopic (exact) mass is 736 g/mol. The number of halogens is 1. The number of carbonyl (C=O) groups is 2. The lowest BCUT2D eigenvalue weighted by atomic mass is 9.78. The Balaban J connectivity index is 0.000000255. The Morgan fingerprint density at radius 2 is 1.04 bits per heavy atom. The zero-order chi connectivity index (χ0) is 34.5. The van der Waals surface area contributed by atoms with Gasteiger partial charge in [-0.3, -0.25) is 0 Å². The van der Waals surface area contributed by atoms with Crippen LogP contribution in [0, 0.1) is 3.57 Å². The van der Waals surface area contributed by atoms with E-state index in [0.717, 1.165) is 14.7 Å². The molecule has 0 heterocycles. The number of rotatable bonds is 6. The maximum absolute atomic E-state index is 12.0. The average molecular weight is 736 g/mol. The molecule has 0 saturated heterocycles. The van der Waals surface area contributed by atoms with Gasteiger partial charge < -0.3 is 19.5 Å². The zero-order valence-corrected chi connectivity index (χ0v) is 30.3. The molecular formula is C38H46BIO6. The summed E-state index contributed by atoms with van der Waals surface area (Å²) in [7, 11) is -1.37. The fraction of sp³-hybridized carbons (Fsp3) is 0.316. The topological polar surface area (TPSA) is 93.1 Å². The first kappa shape index (κ1) is 38.7. The highest BCUT2D eigenvalue weighted by atomic mass is 127. The van der Waals surface area contributed by atoms with E-state index < -0.39 is 7.12 Å². The molecule has 46 heavy (non-hydrogen) atoms. The first-order valence-electron chi connectivity index (χ1n) is 15.3. The van der Waals surface area contributed by atoms with Gasteiger partial charge in [-0.25, -0.2) is 9.59 Å². The molecule has 0 radical (unpaired) electrons. The molecule has 8 heteroatoms. The maximum Gasteiger partial charge on any atom is 0.488 e. The summed E-state index contributed by atoms with van der Waals surface area (Å²) in [5.74, 6) is -0.518. The van der Waals surface area contributed by atoms with Crippen molar-refractivity contribution in [3.63, 3.8) is 0 Å². The molecule has 0 aromatic heterocycles. The van der Waals surface area contributed by atoms with Crippen molar-refractivity contribution in [1.29, 1.82) is 0 Å². The minimum Gasteiger partial charge on any atom is -0.462 e. The van der Waals surface area contributed by atoms with Crippen LogP contribution < -0.4 is 5.46 Å². The molecular weight excluding hydrogens is 690 g/mol. The van der Waals surface area contributed by atoms with E-state index >= 15 is 0 Å². The van der Waals surface area contributed by atoms with E-state index in [1.807, 2.05) is 61.5 Å². The second-order valence-corrected chi connectivity index (χ2v) is 13.7. The van der Waals surface area contributed by atoms with Gasteiger partial charge in [0.05, 0.1) is 24.3 Å². The summed E-state index contributed by atoms with van der Waals surface area (Å²) in [6.45, 7) is 17.4. The van der Waals surface area contributed by atoms with Crippen LogP contribution >= 0.6 is 22.6 Å². The number of ether oxygens (including phenoxy) is 2. The molecule has 244 valence electrons. The Bertz CT molecular complexity index is 1540. The molecule has 4 aromatic carbocycles. The molecule has 6 nitrogen and oxygen atoms in total. The van der Waals surface area contributed by atoms with Crippen molar-refractivity contribution in [3.05, 3.63) is 123 Å². The van der Waals surface area contributed by atoms with E-state index in [0.29, 0.717) is 29.8 Å². The molecule has 4 rings (SSSR count). The van der Waals surface area contributed by atoms with Crippen LogP contribution in [0.3, 0.4) is 0 Å². The smallest absolute Gasteiger partial charge is 0.462 e. The van der Waals surface area contributed by atoms with E-state index in [9.17, 15) is 9.59 Å². The second-order valence-electron chi connectivity index (χ2n) is 12.5. The van der Waals surface area contributed by atoms with Gasteiger partial charge in [-0.05, 0) is 93.2 Å². The maximum atomic E-state index is 12.0. The fourth-order valence-electron chi connectivity index (χ4n) is 4.26. The molecule has 0 fully saturated rings. The molecule has 0 spiro atoms. The number of carbonyl (C=O) groups excluding carboxylic acids is 2. The Morgan fingerprint density at radius 1 is 0.630 bits per heavy atom. The van der Waals surface area contributed by atoms with Gasteiger partial charge in [0.2, 0.25) is 0 Å². The third kappa shape index (κ3) is 12.0. The summed E-state index contributed by atoms with van der Waals surface area (Å²) >= 11 is 2.11. The minimum absolute atomic E-state index is 0.110. The van der Waals surface area contributed by atoms with Crippen molar-refractivity contribution in [3.8, 4) is 11.1 Å². The number of esters is 2. The number of benzene rings is 4. The third-order valence-corrected chi connectivity index (χ3v) is 7.87. The minimum atomic E-state index is -1.37. The Kier molecular flexibility index (Phi) is 15.2. The molecule has 2 N–H and O–H groups in total. The van der Waals surface area contributed by atoms with Gasteiger partial charge in [-0.1, -0.05) is 120 Å². The average Bonchev–Trinajstić information content (AvgIpc) is 3.01. The van der Waals surface area contributed by atoms with Crippen LogP contribution in [0.1, 0.15) is 87.2 Å². The SMILES string of the molecule is CC(C)(C)c1ccc(B(O)O)cc1.CCOC(=O)c1ccccc1-c1ccc(C(C)(C)C)cc1.CCOC(=O)c1ccccc1I. The normalized spacial score (nSPS) is 10.8. The van der Waals surface area contributed by atoms with Gasteiger partial charge in [0.15, 0.2) is 0 Å². The zero-order valence-electron chi connectivity index (χ0n) is 28.1. The van der Waals surface area contributed by atoms with Crippen molar-refractivity contribution >= 4 is 47.1 Å². The van der Waals surface area contributed by atoms with Crippen LogP contribution in [0.5, 0.6) is 0 Å². The van der Waals surface area contributed by atoms with Crippen LogP contribution in [0.2, 0.25) is 0 Å². The van der Waals surface area contributed by atoms with E-state index in [1.54, 1.807) is 25.1 Å². The lowest BCUT2D eigenvalue weighted by Gasteiger charge is -2.19. The summed E-state index contributed by atoms with van der Waals surface area (Å²) in [4.78, 5) is 23.3. The van der Waals surface area contributed by atoms with E-state index in [2.05, 4.69) is 88.4 Å². The van der Waals surface area contributed by atoms with Crippen LogP contribution in [0.15, 0.2) is 97.1 Å². The van der Waals surface area contributed by atoms with Gasteiger partial charge in [-0.2, -0.15) is 0 Å². The predicted molar refractivity (Wildman–Crippen MR) is 197 cm³/mol. The highest BCUT2D eigenvalue weighted by Crippen LogP contribution is 2.28. The molecule has 0 atom stereocenters. The van der Waals surface area contributed by atoms with Crippen molar-refractivity contribution in [2.24, 2.45) is 0 Å². The summed E-state index contributed by atoms with van der Waals surface area (Å²) in [6, 6.07) is 30.6. The summed E-state index contributed by atoms with van der Waals surface area (Å²) < 4.78 is 10.9. The molecule has 0 bridgehead atoms. The fourth-order valence-corrected chi connectivity index (χ4v) is 4.87. The second kappa shape index (κ2) is 18.0. The van der Waals surface area contributed by atoms with E-state index in [-0.39, 0.29) is 22.8 Å². The standard InChI is InChI=1S/C19H22O2.C10H15BO2.C9H9IO2/c1-5-21-18(20)17-9-7-6-8-16(17)14-10-12-15(13-11-14)19(2,3)4;1-10(2,3)8-4-6-9(7-5-8)11(12)13;1-2-12-9(11)7-5-3-4-6-8(7)10/h6-13H,5H2,1-4H3;4-7,12-13H,1-3H3;3-6H,2H2,1H3. The van der Waals surface area contributed by atoms with Gasteiger partial charge in [0, 0.05) is 3.57 Å². The predicted octanol–water partition coefficient (Wildman–Crippen LogP) is 7.96. The number of hydrogen-bond acceptors (Lipinski definition) is 6. The molecule has 0 aliphatic heterocycles. The summed E-state index contributed by atoms with van der Waals surface area (Å²) in [5, 5.41) is 17.7. The molecule has 0 aliphatic carbocycles. The highest BCUT2D eigenvalue weighted by molar-refractivity contribution is 14.1. The van der Waals surface area contributed by atoms with Crippen molar-refractivity contribution in [2.45, 2.75) is 66.2 Å². The quantitative estimate of drug-likeness (QED) is 0.119. The molecule has 4 aromatic rings. The van der Waals surface area contributed by atoms with Crippen LogP contribution in [0.4, 0.5) is 0 Å². The van der Waals surface area contributed by atoms with Gasteiger partial charge in [0.1, 0.15) is 0 Å². The Labute approximate surface area is 288 Å². The summed E-state index contributed by atoms with van der Waals surface area (Å²) in [5.41, 5.74) is 6.44. The highest BCUT2D eigenvalue weighted by Gasteiger charge is 2.17. The molecule has 0 aliphatic rings. The molecule has 0 unspecified atom stereocenters. The molecule has 0 amide bonds. The van der Waals surface area contributed by atoms with Crippen LogP contribution in [0.25, 0.3) is 11.1 Å². The van der Waals surface area contributed by atoms with Crippen molar-refractivity contribution in [1.82, 2.24) is 0 Å². The van der Waals surface area contributed by atoms with Crippen molar-refractivity contribution < 1.29 is 29.1 Å². The van der Waals surface area contributed by atoms with E-state index in [4.69, 9.17) is 19.5 Å². The Hall–Kier alpha value is -3.47. The van der Waals surface area contributed by atoms with Gasteiger partial charge >= 0.3 is 19.1 Å². The van der Waals surface area contributed by atoms with Gasteiger partial charge in [-0.15, -0.1) is 0 Å². The molecule has 0 saturated carbocycles. The lowest BCUT2D eigenvalue weighted by Crippen LogP contribution is -2.29. The van der Waals surface area contributed by atoms with Crippen LogP contribution in [-0.2, 0) is 20.3 Å². The Morgan fingerprint density at radius 3 is 1.48 bits per heavy atom. The van der Waals surface area contributed by atoms with Crippen LogP contribution in [-0.4, -0.2) is 42.3 Å². The lowest BCUT2D eigenvalue weighted by molar-refractivity contribution is 0.0516.